The summed E-state index contributed by atoms with van der Waals surface area (Å²) in [5.41, 5.74) is 3.55. The Bertz CT molecular complexity index is 1170. The molecule has 1 aliphatic rings. The molecule has 31 heavy (non-hydrogen) atoms. The van der Waals surface area contributed by atoms with Crippen LogP contribution in [0.3, 0.4) is 0 Å². The van der Waals surface area contributed by atoms with Gasteiger partial charge in [-0.1, -0.05) is 36.4 Å². The van der Waals surface area contributed by atoms with E-state index in [4.69, 9.17) is 0 Å². The molecule has 0 unspecified atom stereocenters. The molecular weight excluding hydrogens is 414 g/mol. The maximum atomic E-state index is 12.2. The molecule has 1 saturated heterocycles. The van der Waals surface area contributed by atoms with Crippen LogP contribution in [0.5, 0.6) is 0 Å². The number of anilines is 1. The Balaban J connectivity index is 1.31. The van der Waals surface area contributed by atoms with E-state index in [1.165, 1.54) is 16.7 Å². The first kappa shape index (κ1) is 20.8. The van der Waals surface area contributed by atoms with E-state index in [0.717, 1.165) is 16.7 Å². The molecule has 0 saturated carbocycles. The number of aromatic nitrogens is 3. The molecule has 2 heterocycles. The maximum Gasteiger partial charge on any atom is 0.244 e. The van der Waals surface area contributed by atoms with Crippen molar-refractivity contribution in [1.29, 1.82) is 0 Å². The number of hydrogen-bond donors (Lipinski definition) is 1. The molecule has 1 aromatic heterocycles. The zero-order valence-corrected chi connectivity index (χ0v) is 17.7. The van der Waals surface area contributed by atoms with Crippen LogP contribution in [0.1, 0.15) is 23.1 Å². The summed E-state index contributed by atoms with van der Waals surface area (Å²) in [4.78, 5) is 16.1. The summed E-state index contributed by atoms with van der Waals surface area (Å²) in [5, 5.41) is 6.97. The number of rotatable bonds is 7. The molecule has 0 spiro atoms. The van der Waals surface area contributed by atoms with Crippen molar-refractivity contribution in [3.8, 4) is 0 Å². The van der Waals surface area contributed by atoms with E-state index >= 15 is 0 Å². The first-order valence-electron chi connectivity index (χ1n) is 9.96. The molecule has 1 amide bonds. The second-order valence-corrected chi connectivity index (χ2v) is 9.31. The monoisotopic (exact) mass is 437 g/mol. The van der Waals surface area contributed by atoms with E-state index in [9.17, 15) is 13.2 Å². The Labute approximate surface area is 181 Å². The molecule has 3 aromatic rings. The fourth-order valence-electron chi connectivity index (χ4n) is 3.44. The average molecular weight is 438 g/mol. The predicted octanol–water partition coefficient (Wildman–Crippen LogP) is 2.20. The lowest BCUT2D eigenvalue weighted by atomic mass is 10.1. The number of amides is 1. The largest absolute Gasteiger partial charge is 0.348 e. The van der Waals surface area contributed by atoms with Crippen LogP contribution in [-0.2, 0) is 27.9 Å². The van der Waals surface area contributed by atoms with Crippen molar-refractivity contribution in [2.45, 2.75) is 19.5 Å². The van der Waals surface area contributed by atoms with Crippen LogP contribution in [0.15, 0.2) is 67.3 Å². The summed E-state index contributed by atoms with van der Waals surface area (Å²) in [6.45, 7) is 1.55. The third-order valence-corrected chi connectivity index (χ3v) is 6.85. The maximum absolute atomic E-state index is 12.2. The Kier molecular flexibility index (Phi) is 6.13. The zero-order chi connectivity index (χ0) is 21.7. The molecule has 2 aromatic carbocycles. The second kappa shape index (κ2) is 9.13. The Hall–Kier alpha value is -3.46. The van der Waals surface area contributed by atoms with Gasteiger partial charge in [-0.15, -0.1) is 0 Å². The van der Waals surface area contributed by atoms with Crippen molar-refractivity contribution < 1.29 is 13.2 Å². The molecule has 0 radical (unpaired) electrons. The van der Waals surface area contributed by atoms with Crippen molar-refractivity contribution in [3.05, 3.63) is 84.0 Å². The normalized spacial score (nSPS) is 15.4. The first-order chi connectivity index (χ1) is 15.0. The molecule has 1 aliphatic heterocycles. The summed E-state index contributed by atoms with van der Waals surface area (Å²) in [7, 11) is -3.19. The molecule has 1 N–H and O–H groups in total. The zero-order valence-electron chi connectivity index (χ0n) is 16.9. The van der Waals surface area contributed by atoms with E-state index in [1.54, 1.807) is 41.4 Å². The summed E-state index contributed by atoms with van der Waals surface area (Å²) in [6, 6.07) is 15.1. The van der Waals surface area contributed by atoms with Crippen LogP contribution in [0.25, 0.3) is 6.08 Å². The Morgan fingerprint density at radius 3 is 2.65 bits per heavy atom. The molecule has 0 aliphatic carbocycles. The van der Waals surface area contributed by atoms with E-state index < -0.39 is 10.0 Å². The number of carbonyl (C=O) groups is 1. The van der Waals surface area contributed by atoms with E-state index in [2.05, 4.69) is 15.4 Å². The van der Waals surface area contributed by atoms with Gasteiger partial charge in [0.1, 0.15) is 12.7 Å². The van der Waals surface area contributed by atoms with Crippen molar-refractivity contribution >= 4 is 27.7 Å². The number of hydrogen-bond acceptors (Lipinski definition) is 5. The van der Waals surface area contributed by atoms with Crippen LogP contribution in [0, 0.1) is 0 Å². The summed E-state index contributed by atoms with van der Waals surface area (Å²) >= 11 is 0. The van der Waals surface area contributed by atoms with Gasteiger partial charge in [-0.2, -0.15) is 5.10 Å². The second-order valence-electron chi connectivity index (χ2n) is 7.30. The lowest BCUT2D eigenvalue weighted by Crippen LogP contribution is -2.24. The third kappa shape index (κ3) is 5.37. The molecule has 9 heteroatoms. The molecule has 0 bridgehead atoms. The third-order valence-electron chi connectivity index (χ3n) is 4.98. The van der Waals surface area contributed by atoms with Crippen LogP contribution in [0.4, 0.5) is 5.69 Å². The average Bonchev–Trinajstić information content (AvgIpc) is 3.40. The van der Waals surface area contributed by atoms with E-state index in [0.29, 0.717) is 31.7 Å². The van der Waals surface area contributed by atoms with Gasteiger partial charge in [-0.25, -0.2) is 18.1 Å². The molecule has 8 nitrogen and oxygen atoms in total. The van der Waals surface area contributed by atoms with Gasteiger partial charge in [-0.05, 0) is 41.3 Å². The molecular formula is C22H23N5O3S. The number of nitrogens with one attached hydrogen (secondary N) is 1. The number of benzene rings is 2. The fourth-order valence-corrected chi connectivity index (χ4v) is 5.01. The lowest BCUT2D eigenvalue weighted by molar-refractivity contribution is -0.116. The van der Waals surface area contributed by atoms with E-state index in [-0.39, 0.29) is 11.7 Å². The number of sulfonamides is 1. The lowest BCUT2D eigenvalue weighted by Gasteiger charge is -2.16. The minimum atomic E-state index is -3.19. The Morgan fingerprint density at radius 2 is 1.94 bits per heavy atom. The standard InChI is InChI=1S/C22H23N5O3S/c28-22(24-14-19-3-1-4-20(13-19)15-26-17-23-16-25-26)10-7-18-5-8-21(9-6-18)27-11-2-12-31(27,29)30/h1,3-10,13,16-17H,2,11-12,14-15H2,(H,24,28)/b10-7+. The van der Waals surface area contributed by atoms with Crippen LogP contribution < -0.4 is 9.62 Å². The van der Waals surface area contributed by atoms with Gasteiger partial charge in [-0.3, -0.25) is 9.10 Å². The van der Waals surface area contributed by atoms with E-state index in [1.807, 2.05) is 24.3 Å². The van der Waals surface area contributed by atoms with Crippen molar-refractivity contribution in [2.75, 3.05) is 16.6 Å². The van der Waals surface area contributed by atoms with Gasteiger partial charge >= 0.3 is 0 Å². The number of carbonyl (C=O) groups excluding carboxylic acids is 1. The Morgan fingerprint density at radius 1 is 1.13 bits per heavy atom. The summed E-state index contributed by atoms with van der Waals surface area (Å²) < 4.78 is 27.2. The van der Waals surface area contributed by atoms with Gasteiger partial charge < -0.3 is 5.32 Å². The van der Waals surface area contributed by atoms with Crippen LogP contribution >= 0.6 is 0 Å². The number of nitrogens with zero attached hydrogens (tertiary/aromatic N) is 4. The SMILES string of the molecule is O=C(/C=C/c1ccc(N2CCCS2(=O)=O)cc1)NCc1cccc(Cn2cncn2)c1. The first-order valence-corrected chi connectivity index (χ1v) is 11.6. The highest BCUT2D eigenvalue weighted by Crippen LogP contribution is 2.24. The minimum absolute atomic E-state index is 0.193. The summed E-state index contributed by atoms with van der Waals surface area (Å²) in [6.07, 6.45) is 6.99. The smallest absolute Gasteiger partial charge is 0.244 e. The van der Waals surface area contributed by atoms with Gasteiger partial charge in [0.05, 0.1) is 18.0 Å². The van der Waals surface area contributed by atoms with Crippen LogP contribution in [0.2, 0.25) is 0 Å². The topological polar surface area (TPSA) is 97.2 Å². The van der Waals surface area contributed by atoms with Crippen molar-refractivity contribution in [3.63, 3.8) is 0 Å². The molecule has 1 fully saturated rings. The van der Waals surface area contributed by atoms with Gasteiger partial charge in [0, 0.05) is 19.2 Å². The summed E-state index contributed by atoms with van der Waals surface area (Å²) in [5.74, 6) is -0.00840. The van der Waals surface area contributed by atoms with Crippen molar-refractivity contribution in [2.24, 2.45) is 0 Å². The highest BCUT2D eigenvalue weighted by molar-refractivity contribution is 7.93. The molecule has 160 valence electrons. The highest BCUT2D eigenvalue weighted by Gasteiger charge is 2.28. The highest BCUT2D eigenvalue weighted by atomic mass is 32.2. The molecule has 0 atom stereocenters. The predicted molar refractivity (Wildman–Crippen MR) is 119 cm³/mol. The van der Waals surface area contributed by atoms with Gasteiger partial charge in [0.2, 0.25) is 15.9 Å². The van der Waals surface area contributed by atoms with Crippen molar-refractivity contribution in [1.82, 2.24) is 20.1 Å². The fraction of sp³-hybridized carbons (Fsp3) is 0.227. The quantitative estimate of drug-likeness (QED) is 0.572. The van der Waals surface area contributed by atoms with Gasteiger partial charge in [0.25, 0.3) is 0 Å². The molecule has 4 rings (SSSR count). The van der Waals surface area contributed by atoms with Gasteiger partial charge in [0.15, 0.2) is 0 Å². The van der Waals surface area contributed by atoms with Crippen LogP contribution in [-0.4, -0.2) is 41.4 Å². The minimum Gasteiger partial charge on any atom is -0.348 e.